The van der Waals surface area contributed by atoms with Crippen LogP contribution in [0.4, 0.5) is 0 Å². The SMILES string of the molecule is Br/C(=C/C1OCCc2ccccc21)c1ccccc1. The van der Waals surface area contributed by atoms with Gasteiger partial charge in [0.05, 0.1) is 6.61 Å². The van der Waals surface area contributed by atoms with Crippen LogP contribution in [0.5, 0.6) is 0 Å². The summed E-state index contributed by atoms with van der Waals surface area (Å²) in [4.78, 5) is 0. The van der Waals surface area contributed by atoms with Gasteiger partial charge < -0.3 is 4.74 Å². The average molecular weight is 315 g/mol. The molecule has 0 radical (unpaired) electrons. The summed E-state index contributed by atoms with van der Waals surface area (Å²) in [5.74, 6) is 0. The fourth-order valence-electron chi connectivity index (χ4n) is 2.39. The minimum absolute atomic E-state index is 0.0412. The van der Waals surface area contributed by atoms with Crippen molar-refractivity contribution in [3.05, 3.63) is 77.4 Å². The highest BCUT2D eigenvalue weighted by Crippen LogP contribution is 2.32. The van der Waals surface area contributed by atoms with E-state index < -0.39 is 0 Å². The Balaban J connectivity index is 1.92. The molecule has 0 saturated heterocycles. The first-order valence-corrected chi connectivity index (χ1v) is 7.26. The second kappa shape index (κ2) is 5.72. The van der Waals surface area contributed by atoms with Gasteiger partial charge in [-0.15, -0.1) is 0 Å². The first kappa shape index (κ1) is 12.6. The zero-order valence-corrected chi connectivity index (χ0v) is 12.1. The molecule has 0 bridgehead atoms. The Morgan fingerprint density at radius 1 is 1.05 bits per heavy atom. The summed E-state index contributed by atoms with van der Waals surface area (Å²) in [7, 11) is 0. The summed E-state index contributed by atoms with van der Waals surface area (Å²) < 4.78 is 6.97. The van der Waals surface area contributed by atoms with Crippen molar-refractivity contribution in [2.45, 2.75) is 12.5 Å². The molecule has 0 spiro atoms. The molecule has 1 unspecified atom stereocenters. The maximum absolute atomic E-state index is 5.89. The molecule has 1 heterocycles. The first-order valence-electron chi connectivity index (χ1n) is 6.47. The van der Waals surface area contributed by atoms with E-state index in [-0.39, 0.29) is 6.10 Å². The Bertz CT molecular complexity index is 589. The second-order valence-corrected chi connectivity index (χ2v) is 5.48. The fraction of sp³-hybridized carbons (Fsp3) is 0.176. The van der Waals surface area contributed by atoms with Crippen LogP contribution < -0.4 is 0 Å². The van der Waals surface area contributed by atoms with Gasteiger partial charge in [-0.3, -0.25) is 0 Å². The minimum atomic E-state index is 0.0412. The highest BCUT2D eigenvalue weighted by atomic mass is 79.9. The summed E-state index contributed by atoms with van der Waals surface area (Å²) in [6.07, 6.45) is 3.19. The van der Waals surface area contributed by atoms with Crippen molar-refractivity contribution in [1.82, 2.24) is 0 Å². The van der Waals surface area contributed by atoms with E-state index in [0.29, 0.717) is 0 Å². The third kappa shape index (κ3) is 2.80. The van der Waals surface area contributed by atoms with Crippen LogP contribution in [0, 0.1) is 0 Å². The van der Waals surface area contributed by atoms with Crippen LogP contribution in [0.2, 0.25) is 0 Å². The fourth-order valence-corrected chi connectivity index (χ4v) is 2.89. The quantitative estimate of drug-likeness (QED) is 0.778. The van der Waals surface area contributed by atoms with Crippen molar-refractivity contribution in [3.8, 4) is 0 Å². The molecule has 0 fully saturated rings. The van der Waals surface area contributed by atoms with Gasteiger partial charge in [0, 0.05) is 4.48 Å². The molecule has 19 heavy (non-hydrogen) atoms. The Kier molecular flexibility index (Phi) is 3.81. The Morgan fingerprint density at radius 3 is 2.63 bits per heavy atom. The van der Waals surface area contributed by atoms with E-state index >= 15 is 0 Å². The molecule has 0 saturated carbocycles. The van der Waals surface area contributed by atoms with Gasteiger partial charge in [-0.25, -0.2) is 0 Å². The number of fused-ring (bicyclic) bond motifs is 1. The Hall–Kier alpha value is -1.38. The smallest absolute Gasteiger partial charge is 0.102 e. The third-order valence-corrected chi connectivity index (χ3v) is 4.10. The van der Waals surface area contributed by atoms with Crippen molar-refractivity contribution in [2.24, 2.45) is 0 Å². The van der Waals surface area contributed by atoms with Crippen LogP contribution in [0.3, 0.4) is 0 Å². The van der Waals surface area contributed by atoms with Gasteiger partial charge in [0.15, 0.2) is 0 Å². The number of ether oxygens (including phenoxy) is 1. The van der Waals surface area contributed by atoms with Gasteiger partial charge in [0.25, 0.3) is 0 Å². The topological polar surface area (TPSA) is 9.23 Å². The molecule has 1 nitrogen and oxygen atoms in total. The van der Waals surface area contributed by atoms with Gasteiger partial charge in [0.1, 0.15) is 6.10 Å². The molecular formula is C17H15BrO. The van der Waals surface area contributed by atoms with Crippen molar-refractivity contribution >= 4 is 20.4 Å². The lowest BCUT2D eigenvalue weighted by Gasteiger charge is -2.24. The minimum Gasteiger partial charge on any atom is -0.369 e. The summed E-state index contributed by atoms with van der Waals surface area (Å²) in [6.45, 7) is 0.785. The van der Waals surface area contributed by atoms with Gasteiger partial charge in [-0.1, -0.05) is 70.5 Å². The van der Waals surface area contributed by atoms with E-state index in [1.165, 1.54) is 16.7 Å². The third-order valence-electron chi connectivity index (χ3n) is 3.38. The number of halogens is 1. The molecule has 2 aromatic rings. The molecule has 0 N–H and O–H groups in total. The average Bonchev–Trinajstić information content (AvgIpc) is 2.48. The summed E-state index contributed by atoms with van der Waals surface area (Å²) in [5.41, 5.74) is 3.85. The second-order valence-electron chi connectivity index (χ2n) is 4.62. The number of hydrogen-bond donors (Lipinski definition) is 0. The van der Waals surface area contributed by atoms with Crippen LogP contribution in [0.15, 0.2) is 60.7 Å². The highest BCUT2D eigenvalue weighted by molar-refractivity contribution is 9.15. The van der Waals surface area contributed by atoms with E-state index in [0.717, 1.165) is 17.5 Å². The predicted molar refractivity (Wildman–Crippen MR) is 82.2 cm³/mol. The standard InChI is InChI=1S/C17H15BrO/c18-16(14-7-2-1-3-8-14)12-17-15-9-5-4-6-13(15)10-11-19-17/h1-9,12,17H,10-11H2/b16-12+. The lowest BCUT2D eigenvalue weighted by Crippen LogP contribution is -2.14. The Labute approximate surface area is 122 Å². The molecular weight excluding hydrogens is 300 g/mol. The van der Waals surface area contributed by atoms with Gasteiger partial charge in [0.2, 0.25) is 0 Å². The van der Waals surface area contributed by atoms with E-state index in [9.17, 15) is 0 Å². The van der Waals surface area contributed by atoms with E-state index in [4.69, 9.17) is 4.74 Å². The van der Waals surface area contributed by atoms with Crippen molar-refractivity contribution in [1.29, 1.82) is 0 Å². The van der Waals surface area contributed by atoms with Gasteiger partial charge in [-0.2, -0.15) is 0 Å². The van der Waals surface area contributed by atoms with Crippen LogP contribution in [0.1, 0.15) is 22.8 Å². The molecule has 2 heteroatoms. The van der Waals surface area contributed by atoms with Crippen LogP contribution >= 0.6 is 15.9 Å². The molecule has 1 atom stereocenters. The van der Waals surface area contributed by atoms with Gasteiger partial charge in [-0.05, 0) is 29.2 Å². The lowest BCUT2D eigenvalue weighted by molar-refractivity contribution is 0.0755. The number of rotatable bonds is 2. The van der Waals surface area contributed by atoms with E-state index in [2.05, 4.69) is 58.4 Å². The molecule has 0 aliphatic carbocycles. The van der Waals surface area contributed by atoms with Crippen LogP contribution in [-0.4, -0.2) is 6.61 Å². The number of benzene rings is 2. The summed E-state index contributed by atoms with van der Waals surface area (Å²) >= 11 is 3.65. The van der Waals surface area contributed by atoms with Crippen LogP contribution in [0.25, 0.3) is 4.48 Å². The van der Waals surface area contributed by atoms with Crippen molar-refractivity contribution in [3.63, 3.8) is 0 Å². The molecule has 96 valence electrons. The van der Waals surface area contributed by atoms with Crippen molar-refractivity contribution < 1.29 is 4.74 Å². The lowest BCUT2D eigenvalue weighted by atomic mass is 9.97. The largest absolute Gasteiger partial charge is 0.369 e. The number of hydrogen-bond acceptors (Lipinski definition) is 1. The zero-order valence-electron chi connectivity index (χ0n) is 10.6. The molecule has 1 aliphatic rings. The summed E-state index contributed by atoms with van der Waals surface area (Å²) in [6, 6.07) is 18.8. The van der Waals surface area contributed by atoms with E-state index in [1.807, 2.05) is 18.2 Å². The zero-order chi connectivity index (χ0) is 13.1. The van der Waals surface area contributed by atoms with Crippen LogP contribution in [-0.2, 0) is 11.2 Å². The Morgan fingerprint density at radius 2 is 1.79 bits per heavy atom. The highest BCUT2D eigenvalue weighted by Gasteiger charge is 2.18. The van der Waals surface area contributed by atoms with Crippen molar-refractivity contribution in [2.75, 3.05) is 6.61 Å². The first-order chi connectivity index (χ1) is 9.34. The molecule has 1 aliphatic heterocycles. The molecule has 2 aromatic carbocycles. The maximum atomic E-state index is 5.89. The molecule has 0 aromatic heterocycles. The summed E-state index contributed by atoms with van der Waals surface area (Å²) in [5, 5.41) is 0. The van der Waals surface area contributed by atoms with Gasteiger partial charge >= 0.3 is 0 Å². The molecule has 3 rings (SSSR count). The monoisotopic (exact) mass is 314 g/mol. The van der Waals surface area contributed by atoms with E-state index in [1.54, 1.807) is 0 Å². The molecule has 0 amide bonds. The maximum Gasteiger partial charge on any atom is 0.102 e. The normalized spacial score (nSPS) is 19.0. The predicted octanol–water partition coefficient (Wildman–Crippen LogP) is 4.74.